The highest BCUT2D eigenvalue weighted by Gasteiger charge is 2.88. The largest absolute Gasteiger partial charge is 0.469 e. The zero-order chi connectivity index (χ0) is 18.5. The number of methoxy groups -OCH3 is 2. The lowest BCUT2D eigenvalue weighted by Crippen LogP contribution is -2.35. The molecule has 2 aliphatic carbocycles. The molecule has 1 aromatic heterocycles. The number of hydrogen-bond acceptors (Lipinski definition) is 6. The highest BCUT2D eigenvalue weighted by molar-refractivity contribution is 6.12. The van der Waals surface area contributed by atoms with Gasteiger partial charge in [-0.05, 0) is 23.3 Å². The molecule has 4 rings (SSSR count). The third-order valence-electron chi connectivity index (χ3n) is 5.46. The fourth-order valence-electron chi connectivity index (χ4n) is 4.49. The predicted molar refractivity (Wildman–Crippen MR) is 89.6 cm³/mol. The van der Waals surface area contributed by atoms with Gasteiger partial charge in [0.15, 0.2) is 5.41 Å². The van der Waals surface area contributed by atoms with Gasteiger partial charge in [0.05, 0.1) is 43.5 Å². The first kappa shape index (κ1) is 16.2. The Labute approximate surface area is 149 Å². The molecule has 2 aliphatic rings. The first-order valence-corrected chi connectivity index (χ1v) is 8.02. The van der Waals surface area contributed by atoms with Crippen molar-refractivity contribution in [2.75, 3.05) is 14.2 Å². The Balaban J connectivity index is 2.06. The number of nitrogens with zero attached hydrogens (tertiary/aromatic N) is 1. The summed E-state index contributed by atoms with van der Waals surface area (Å²) in [5.41, 5.74) is -0.891. The van der Waals surface area contributed by atoms with Gasteiger partial charge in [-0.2, -0.15) is 5.26 Å². The van der Waals surface area contributed by atoms with Crippen molar-refractivity contribution < 1.29 is 23.5 Å². The topological polar surface area (TPSA) is 89.5 Å². The number of nitriles is 1. The van der Waals surface area contributed by atoms with E-state index in [9.17, 15) is 14.9 Å². The molecule has 0 saturated heterocycles. The summed E-state index contributed by atoms with van der Waals surface area (Å²) in [5.74, 6) is -1.62. The molecular formula is C20H15NO5. The lowest BCUT2D eigenvalue weighted by Gasteiger charge is -2.17. The number of fused-ring (bicyclic) bond motifs is 2. The first-order valence-electron chi connectivity index (χ1n) is 8.02. The van der Waals surface area contributed by atoms with Crippen molar-refractivity contribution in [3.05, 3.63) is 65.6 Å². The fourth-order valence-corrected chi connectivity index (χ4v) is 4.49. The summed E-state index contributed by atoms with van der Waals surface area (Å²) in [6, 6.07) is 12.8. The molecule has 6 heteroatoms. The molecule has 1 saturated carbocycles. The number of rotatable bonds is 3. The van der Waals surface area contributed by atoms with E-state index in [1.54, 1.807) is 24.3 Å². The third-order valence-corrected chi connectivity index (χ3v) is 5.46. The van der Waals surface area contributed by atoms with Crippen molar-refractivity contribution in [3.8, 4) is 6.07 Å². The number of benzene rings is 1. The van der Waals surface area contributed by atoms with Crippen molar-refractivity contribution in [1.82, 2.24) is 0 Å². The van der Waals surface area contributed by atoms with Crippen LogP contribution in [0.15, 0.2) is 53.2 Å². The van der Waals surface area contributed by atoms with E-state index in [2.05, 4.69) is 6.07 Å². The van der Waals surface area contributed by atoms with Crippen LogP contribution in [0.2, 0.25) is 0 Å². The number of allylic oxidation sites excluding steroid dienone is 2. The van der Waals surface area contributed by atoms with Gasteiger partial charge < -0.3 is 13.9 Å². The van der Waals surface area contributed by atoms with Crippen LogP contribution in [0.25, 0.3) is 5.57 Å². The van der Waals surface area contributed by atoms with Crippen LogP contribution in [0.5, 0.6) is 0 Å². The first-order chi connectivity index (χ1) is 12.6. The number of carbonyl (C=O) groups is 2. The number of carbonyl (C=O) groups excluding carboxylic acids is 2. The fraction of sp³-hybridized carbons (Fsp3) is 0.250. The van der Waals surface area contributed by atoms with Crippen LogP contribution in [0, 0.1) is 16.7 Å². The zero-order valence-electron chi connectivity index (χ0n) is 14.2. The second-order valence-corrected chi connectivity index (χ2v) is 6.32. The molecule has 1 fully saturated rings. The summed E-state index contributed by atoms with van der Waals surface area (Å²) in [5, 5.41) is 9.58. The number of hydrogen-bond donors (Lipinski definition) is 0. The van der Waals surface area contributed by atoms with Gasteiger partial charge in [-0.1, -0.05) is 30.3 Å². The van der Waals surface area contributed by atoms with Gasteiger partial charge in [0.1, 0.15) is 5.76 Å². The third kappa shape index (κ3) is 1.60. The summed E-state index contributed by atoms with van der Waals surface area (Å²) in [4.78, 5) is 25.8. The van der Waals surface area contributed by atoms with Gasteiger partial charge in [-0.15, -0.1) is 0 Å². The van der Waals surface area contributed by atoms with E-state index in [0.29, 0.717) is 22.5 Å². The van der Waals surface area contributed by atoms with Gasteiger partial charge in [-0.25, -0.2) is 0 Å². The van der Waals surface area contributed by atoms with Crippen LogP contribution in [-0.2, 0) is 24.5 Å². The molecule has 1 heterocycles. The molecule has 0 bridgehead atoms. The summed E-state index contributed by atoms with van der Waals surface area (Å²) in [6.45, 7) is 0. The van der Waals surface area contributed by atoms with Crippen molar-refractivity contribution in [1.29, 1.82) is 5.26 Å². The van der Waals surface area contributed by atoms with Gasteiger partial charge >= 0.3 is 11.9 Å². The molecule has 0 radical (unpaired) electrons. The maximum atomic E-state index is 12.9. The lowest BCUT2D eigenvalue weighted by atomic mass is 9.87. The molecule has 130 valence electrons. The van der Waals surface area contributed by atoms with Crippen LogP contribution in [0.1, 0.15) is 22.8 Å². The SMILES string of the molecule is COC(=O)C1(C(=O)OC)[C@@H](c2ccco2)[C@]12C=C(C#N)c1ccccc12. The lowest BCUT2D eigenvalue weighted by molar-refractivity contribution is -0.162. The molecule has 1 aromatic carbocycles. The molecule has 0 aliphatic heterocycles. The maximum Gasteiger partial charge on any atom is 0.325 e. The van der Waals surface area contributed by atoms with E-state index in [4.69, 9.17) is 13.9 Å². The quantitative estimate of drug-likeness (QED) is 0.625. The number of furan rings is 1. The Morgan fingerprint density at radius 3 is 2.38 bits per heavy atom. The summed E-state index contributed by atoms with van der Waals surface area (Å²) >= 11 is 0. The average molecular weight is 349 g/mol. The van der Waals surface area contributed by atoms with Gasteiger partial charge in [-0.3, -0.25) is 9.59 Å². The molecule has 0 unspecified atom stereocenters. The van der Waals surface area contributed by atoms with Crippen molar-refractivity contribution >= 4 is 17.5 Å². The highest BCUT2D eigenvalue weighted by Crippen LogP contribution is 2.79. The summed E-state index contributed by atoms with van der Waals surface area (Å²) in [6.07, 6.45) is 3.16. The smallest absolute Gasteiger partial charge is 0.325 e. The predicted octanol–water partition coefficient (Wildman–Crippen LogP) is 2.57. The highest BCUT2D eigenvalue weighted by atomic mass is 16.5. The van der Waals surface area contributed by atoms with Crippen LogP contribution in [0.3, 0.4) is 0 Å². The molecule has 1 spiro atoms. The van der Waals surface area contributed by atoms with E-state index < -0.39 is 28.7 Å². The number of ether oxygens (including phenoxy) is 2. The van der Waals surface area contributed by atoms with Crippen molar-refractivity contribution in [2.45, 2.75) is 11.3 Å². The van der Waals surface area contributed by atoms with Crippen molar-refractivity contribution in [2.24, 2.45) is 5.41 Å². The minimum absolute atomic E-state index is 0.409. The van der Waals surface area contributed by atoms with Crippen LogP contribution in [-0.4, -0.2) is 26.2 Å². The van der Waals surface area contributed by atoms with E-state index in [1.165, 1.54) is 20.5 Å². The maximum absolute atomic E-state index is 12.9. The Bertz CT molecular complexity index is 966. The molecule has 2 atom stereocenters. The van der Waals surface area contributed by atoms with Crippen LogP contribution in [0.4, 0.5) is 0 Å². The summed E-state index contributed by atoms with van der Waals surface area (Å²) in [7, 11) is 2.46. The van der Waals surface area contributed by atoms with E-state index in [-0.39, 0.29) is 0 Å². The second-order valence-electron chi connectivity index (χ2n) is 6.32. The van der Waals surface area contributed by atoms with E-state index in [0.717, 1.165) is 0 Å². The second kappa shape index (κ2) is 5.33. The van der Waals surface area contributed by atoms with Gasteiger partial charge in [0.25, 0.3) is 0 Å². The molecular weight excluding hydrogens is 334 g/mol. The summed E-state index contributed by atoms with van der Waals surface area (Å²) < 4.78 is 15.6. The molecule has 6 nitrogen and oxygen atoms in total. The minimum Gasteiger partial charge on any atom is -0.469 e. The van der Waals surface area contributed by atoms with Crippen molar-refractivity contribution in [3.63, 3.8) is 0 Å². The monoisotopic (exact) mass is 349 g/mol. The molecule has 0 N–H and O–H groups in total. The van der Waals surface area contributed by atoms with Crippen LogP contribution >= 0.6 is 0 Å². The van der Waals surface area contributed by atoms with Gasteiger partial charge in [0, 0.05) is 0 Å². The van der Waals surface area contributed by atoms with E-state index >= 15 is 0 Å². The standard InChI is InChI=1S/C20H15NO5/c1-24-17(22)20(18(23)25-2)16(15-8-5-9-26-15)19(20)10-12(11-21)13-6-3-4-7-14(13)19/h3-10,16H,1-2H3/t16-,19+/m0/s1. The molecule has 0 amide bonds. The van der Waals surface area contributed by atoms with Crippen LogP contribution < -0.4 is 0 Å². The Morgan fingerprint density at radius 2 is 1.81 bits per heavy atom. The Hall–Kier alpha value is -3.33. The normalized spacial score (nSPS) is 24.3. The van der Waals surface area contributed by atoms with E-state index in [1.807, 2.05) is 18.2 Å². The molecule has 26 heavy (non-hydrogen) atoms. The minimum atomic E-state index is -1.64. The average Bonchev–Trinajstić information content (AvgIpc) is 3.01. The number of esters is 2. The van der Waals surface area contributed by atoms with Gasteiger partial charge in [0.2, 0.25) is 0 Å². The Morgan fingerprint density at radius 1 is 1.12 bits per heavy atom. The Kier molecular flexibility index (Phi) is 3.31. The zero-order valence-corrected chi connectivity index (χ0v) is 14.2. The molecule has 2 aromatic rings.